The molecule has 4 atom stereocenters. The zero-order valence-electron chi connectivity index (χ0n) is 19.4. The first-order valence-electron chi connectivity index (χ1n) is 12.5. The highest BCUT2D eigenvalue weighted by Crippen LogP contribution is 2.52. The zero-order valence-corrected chi connectivity index (χ0v) is 19.4. The van der Waals surface area contributed by atoms with E-state index < -0.39 is 5.69 Å². The summed E-state index contributed by atoms with van der Waals surface area (Å²) < 4.78 is 1.55. The molecule has 2 aromatic rings. The van der Waals surface area contributed by atoms with E-state index in [2.05, 4.69) is 32.7 Å². The number of aromatic nitrogens is 2. The van der Waals surface area contributed by atoms with Crippen LogP contribution >= 0.6 is 0 Å². The van der Waals surface area contributed by atoms with E-state index in [-0.39, 0.29) is 11.8 Å². The number of nitrogens with one attached hydrogen (secondary N) is 2. The number of aryl methyl sites for hydroxylation is 1. The Kier molecular flexibility index (Phi) is 5.63. The lowest BCUT2D eigenvalue weighted by atomic mass is 9.87. The number of piperazine rings is 1. The lowest BCUT2D eigenvalue weighted by Crippen LogP contribution is -2.48. The molecular weight excluding hydrogens is 430 g/mol. The molecule has 0 spiro atoms. The average molecular weight is 464 g/mol. The average Bonchev–Trinajstić information content (AvgIpc) is 3.34. The fourth-order valence-corrected chi connectivity index (χ4v) is 6.24. The number of nitrogens with two attached hydrogens (primary N) is 1. The number of carbonyl (C=O) groups excluding carboxylic acids is 1. The van der Waals surface area contributed by atoms with Crippen LogP contribution in [0.1, 0.15) is 17.5 Å². The number of anilines is 1. The van der Waals surface area contributed by atoms with Crippen LogP contribution in [0.25, 0.3) is 5.69 Å². The van der Waals surface area contributed by atoms with Crippen LogP contribution in [0.5, 0.6) is 0 Å². The summed E-state index contributed by atoms with van der Waals surface area (Å²) >= 11 is 0. The second-order valence-electron chi connectivity index (χ2n) is 10.2. The number of hydrogen-bond acceptors (Lipinski definition) is 6. The van der Waals surface area contributed by atoms with E-state index in [1.807, 2.05) is 6.07 Å². The van der Waals surface area contributed by atoms with Crippen LogP contribution in [0.4, 0.5) is 10.6 Å². The van der Waals surface area contributed by atoms with Crippen LogP contribution in [-0.2, 0) is 12.8 Å². The first kappa shape index (κ1) is 21.8. The molecule has 1 saturated carbocycles. The van der Waals surface area contributed by atoms with Gasteiger partial charge in [-0.3, -0.25) is 14.8 Å². The number of rotatable bonds is 4. The smallest absolute Gasteiger partial charge is 0.330 e. The van der Waals surface area contributed by atoms with E-state index in [0.29, 0.717) is 19.1 Å². The molecule has 6 rings (SSSR count). The molecule has 2 amide bonds. The van der Waals surface area contributed by atoms with Gasteiger partial charge >= 0.3 is 11.7 Å². The van der Waals surface area contributed by atoms with E-state index in [0.717, 1.165) is 62.3 Å². The number of urea groups is 1. The Labute approximate surface area is 199 Å². The molecule has 3 fully saturated rings. The number of fused-ring (bicyclic) bond motifs is 2. The van der Waals surface area contributed by atoms with Crippen molar-refractivity contribution < 1.29 is 4.79 Å². The summed E-state index contributed by atoms with van der Waals surface area (Å²) in [6, 6.07) is 8.39. The van der Waals surface area contributed by atoms with Gasteiger partial charge in [0.25, 0.3) is 0 Å². The third-order valence-electron chi connectivity index (χ3n) is 8.30. The van der Waals surface area contributed by atoms with Gasteiger partial charge in [0.05, 0.1) is 5.69 Å². The van der Waals surface area contributed by atoms with E-state index >= 15 is 0 Å². The maximum atomic E-state index is 12.7. The van der Waals surface area contributed by atoms with Gasteiger partial charge in [0.1, 0.15) is 5.82 Å². The van der Waals surface area contributed by atoms with Crippen molar-refractivity contribution in [1.82, 2.24) is 24.7 Å². The zero-order chi connectivity index (χ0) is 23.2. The van der Waals surface area contributed by atoms with Crippen molar-refractivity contribution in [3.8, 4) is 5.69 Å². The van der Waals surface area contributed by atoms with Crippen molar-refractivity contribution in [1.29, 1.82) is 0 Å². The molecular formula is C25H33N7O2. The van der Waals surface area contributed by atoms with Crippen molar-refractivity contribution in [3.05, 3.63) is 52.1 Å². The predicted molar refractivity (Wildman–Crippen MR) is 130 cm³/mol. The monoisotopic (exact) mass is 463 g/mol. The summed E-state index contributed by atoms with van der Waals surface area (Å²) in [4.78, 5) is 33.6. The topological polar surface area (TPSA) is 109 Å². The molecule has 1 aromatic heterocycles. The van der Waals surface area contributed by atoms with E-state index in [1.165, 1.54) is 24.2 Å². The quantitative estimate of drug-likeness (QED) is 0.615. The number of hydrogen-bond donors (Lipinski definition) is 3. The molecule has 1 unspecified atom stereocenters. The lowest BCUT2D eigenvalue weighted by molar-refractivity contribution is 0.191. The molecule has 0 bridgehead atoms. The fourth-order valence-electron chi connectivity index (χ4n) is 6.24. The highest BCUT2D eigenvalue weighted by Gasteiger charge is 2.55. The number of likely N-dealkylation sites (tertiary alicyclic amines) is 1. The standard InChI is InChI=1S/C25H33N7O2/c26-13-20-21-14-31(15-22(20)21)18-3-1-17-12-19(4-2-16(17)11-18)32-8-5-23(29-25(32)34)28-24(33)30-9-6-27-7-10-30/h2,4-5,8,12,18,20-22,27H,1,3,6-7,9-11,13-15,26H2,(H,28,29,33,34)/t18?,20-,21-,22+. The fraction of sp³-hybridized carbons (Fsp3) is 0.560. The Morgan fingerprint density at radius 1 is 1.15 bits per heavy atom. The Morgan fingerprint density at radius 2 is 1.94 bits per heavy atom. The van der Waals surface area contributed by atoms with Crippen molar-refractivity contribution in [2.75, 3.05) is 51.1 Å². The van der Waals surface area contributed by atoms with Gasteiger partial charge in [-0.05, 0) is 72.9 Å². The van der Waals surface area contributed by atoms with Gasteiger partial charge in [0.2, 0.25) is 0 Å². The van der Waals surface area contributed by atoms with Crippen molar-refractivity contribution >= 4 is 11.8 Å². The molecule has 4 N–H and O–H groups in total. The van der Waals surface area contributed by atoms with Crippen molar-refractivity contribution in [2.24, 2.45) is 23.5 Å². The van der Waals surface area contributed by atoms with E-state index in [4.69, 9.17) is 5.73 Å². The Morgan fingerprint density at radius 3 is 2.68 bits per heavy atom. The molecule has 9 nitrogen and oxygen atoms in total. The number of benzene rings is 1. The molecule has 180 valence electrons. The maximum Gasteiger partial charge on any atom is 0.354 e. The molecule has 9 heteroatoms. The summed E-state index contributed by atoms with van der Waals surface area (Å²) in [6.07, 6.45) is 4.96. The number of piperidine rings is 1. The molecule has 2 aliphatic carbocycles. The normalized spacial score (nSPS) is 28.3. The Balaban J connectivity index is 1.12. The van der Waals surface area contributed by atoms with Gasteiger partial charge in [-0.15, -0.1) is 0 Å². The Bertz CT molecular complexity index is 1130. The predicted octanol–water partition coefficient (Wildman–Crippen LogP) is 0.663. The minimum Gasteiger partial charge on any atom is -0.330 e. The van der Waals surface area contributed by atoms with Crippen LogP contribution in [0.15, 0.2) is 35.3 Å². The first-order valence-corrected chi connectivity index (χ1v) is 12.5. The maximum absolute atomic E-state index is 12.7. The summed E-state index contributed by atoms with van der Waals surface area (Å²) in [5.41, 5.74) is 9.01. The second-order valence-corrected chi connectivity index (χ2v) is 10.2. The van der Waals surface area contributed by atoms with Crippen LogP contribution in [0, 0.1) is 17.8 Å². The van der Waals surface area contributed by atoms with E-state index in [1.54, 1.807) is 21.7 Å². The van der Waals surface area contributed by atoms with Gasteiger partial charge < -0.3 is 16.0 Å². The van der Waals surface area contributed by atoms with Crippen LogP contribution in [0.2, 0.25) is 0 Å². The van der Waals surface area contributed by atoms with Crippen molar-refractivity contribution in [3.63, 3.8) is 0 Å². The molecule has 34 heavy (non-hydrogen) atoms. The van der Waals surface area contributed by atoms with Crippen LogP contribution < -0.4 is 22.1 Å². The van der Waals surface area contributed by atoms with Gasteiger partial charge in [-0.1, -0.05) is 6.07 Å². The number of amides is 2. The van der Waals surface area contributed by atoms with Crippen LogP contribution in [-0.4, -0.2) is 77.2 Å². The molecule has 4 aliphatic rings. The number of nitrogens with zero attached hydrogens (tertiary/aromatic N) is 4. The second kappa shape index (κ2) is 8.79. The van der Waals surface area contributed by atoms with Gasteiger partial charge in [0, 0.05) is 51.5 Å². The Hall–Kier alpha value is -2.75. The van der Waals surface area contributed by atoms with Gasteiger partial charge in [0.15, 0.2) is 0 Å². The number of carbonyl (C=O) groups is 1. The third-order valence-corrected chi connectivity index (χ3v) is 8.30. The van der Waals surface area contributed by atoms with Gasteiger partial charge in [-0.25, -0.2) is 9.59 Å². The molecule has 0 radical (unpaired) electrons. The summed E-state index contributed by atoms with van der Waals surface area (Å²) in [5.74, 6) is 2.71. The highest BCUT2D eigenvalue weighted by molar-refractivity contribution is 5.88. The molecule has 3 heterocycles. The lowest BCUT2D eigenvalue weighted by Gasteiger charge is -2.34. The highest BCUT2D eigenvalue weighted by atomic mass is 16.2. The molecule has 2 saturated heterocycles. The summed E-state index contributed by atoms with van der Waals surface area (Å²) in [7, 11) is 0. The first-order chi connectivity index (χ1) is 16.6. The summed E-state index contributed by atoms with van der Waals surface area (Å²) in [6.45, 7) is 6.10. The largest absolute Gasteiger partial charge is 0.354 e. The molecule has 2 aliphatic heterocycles. The van der Waals surface area contributed by atoms with Crippen LogP contribution in [0.3, 0.4) is 0 Å². The SMILES string of the molecule is NC[C@@H]1[C@H]2CN(C3CCc4cc(-n5ccc(NC(=O)N6CCNCC6)nc5=O)ccc4C3)C[C@@H]12. The molecule has 1 aromatic carbocycles. The summed E-state index contributed by atoms with van der Waals surface area (Å²) in [5, 5.41) is 5.96. The third kappa shape index (κ3) is 4.01. The minimum absolute atomic E-state index is 0.219. The van der Waals surface area contributed by atoms with Gasteiger partial charge in [-0.2, -0.15) is 4.98 Å². The van der Waals surface area contributed by atoms with E-state index in [9.17, 15) is 9.59 Å². The van der Waals surface area contributed by atoms with Crippen molar-refractivity contribution in [2.45, 2.75) is 25.3 Å². The minimum atomic E-state index is -0.391.